The molecule has 1 aliphatic carbocycles. The Labute approximate surface area is 78.0 Å². The maximum Gasteiger partial charge on any atom is 0.127 e. The number of hydrogen-bond acceptors (Lipinski definition) is 1. The third kappa shape index (κ3) is 2.07. The van der Waals surface area contributed by atoms with Crippen molar-refractivity contribution < 1.29 is 4.39 Å². The van der Waals surface area contributed by atoms with Gasteiger partial charge in [0.2, 0.25) is 0 Å². The first kappa shape index (κ1) is 8.70. The number of nitrogens with one attached hydrogen (secondary N) is 1. The Balaban J connectivity index is 1.89. The van der Waals surface area contributed by atoms with Crippen molar-refractivity contribution in [2.45, 2.75) is 31.8 Å². The first-order chi connectivity index (χ1) is 6.36. The Morgan fingerprint density at radius 3 is 2.69 bits per heavy atom. The second kappa shape index (κ2) is 3.88. The normalized spacial score (nSPS) is 17.0. The zero-order valence-electron chi connectivity index (χ0n) is 7.59. The van der Waals surface area contributed by atoms with Crippen LogP contribution < -0.4 is 5.32 Å². The highest BCUT2D eigenvalue weighted by Gasteiger charge is 2.16. The highest BCUT2D eigenvalue weighted by molar-refractivity contribution is 5.17. The fourth-order valence-electron chi connectivity index (χ4n) is 1.51. The molecule has 2 heteroatoms. The molecule has 0 unspecified atom stereocenters. The summed E-state index contributed by atoms with van der Waals surface area (Å²) in [4.78, 5) is 0. The minimum atomic E-state index is -0.102. The first-order valence-electron chi connectivity index (χ1n) is 4.83. The average molecular weight is 179 g/mol. The van der Waals surface area contributed by atoms with Crippen molar-refractivity contribution in [3.8, 4) is 0 Å². The second-order valence-electron chi connectivity index (χ2n) is 3.60. The number of halogens is 1. The lowest BCUT2D eigenvalue weighted by atomic mass is 9.93. The number of rotatable bonds is 3. The third-order valence-electron chi connectivity index (χ3n) is 2.64. The Bertz CT molecular complexity index is 281. The Hall–Kier alpha value is -0.890. The van der Waals surface area contributed by atoms with Gasteiger partial charge in [0.05, 0.1) is 0 Å². The molecule has 0 bridgehead atoms. The standard InChI is InChI=1S/C11H14FN/c12-11-7-2-1-4-9(11)8-13-10-5-3-6-10/h1-2,4,7,10,13H,3,5-6,8H2. The van der Waals surface area contributed by atoms with Crippen molar-refractivity contribution in [2.75, 3.05) is 0 Å². The summed E-state index contributed by atoms with van der Waals surface area (Å²) in [6, 6.07) is 7.57. The molecule has 13 heavy (non-hydrogen) atoms. The summed E-state index contributed by atoms with van der Waals surface area (Å²) in [6.45, 7) is 0.664. The van der Waals surface area contributed by atoms with Crippen LogP contribution in [0.25, 0.3) is 0 Å². The van der Waals surface area contributed by atoms with E-state index in [9.17, 15) is 4.39 Å². The maximum atomic E-state index is 13.1. The highest BCUT2D eigenvalue weighted by Crippen LogP contribution is 2.18. The monoisotopic (exact) mass is 179 g/mol. The molecule has 0 aromatic heterocycles. The van der Waals surface area contributed by atoms with Crippen LogP contribution in [-0.2, 0) is 6.54 Å². The van der Waals surface area contributed by atoms with Gasteiger partial charge in [-0.3, -0.25) is 0 Å². The van der Waals surface area contributed by atoms with Gasteiger partial charge < -0.3 is 5.32 Å². The van der Waals surface area contributed by atoms with Gasteiger partial charge in [0, 0.05) is 18.2 Å². The summed E-state index contributed by atoms with van der Waals surface area (Å²) in [5.41, 5.74) is 0.773. The molecule has 0 radical (unpaired) electrons. The van der Waals surface area contributed by atoms with Gasteiger partial charge >= 0.3 is 0 Å². The highest BCUT2D eigenvalue weighted by atomic mass is 19.1. The number of benzene rings is 1. The molecule has 0 saturated heterocycles. The number of hydrogen-bond donors (Lipinski definition) is 1. The summed E-state index contributed by atoms with van der Waals surface area (Å²) < 4.78 is 13.1. The van der Waals surface area contributed by atoms with Crippen LogP contribution in [0.15, 0.2) is 24.3 Å². The molecule has 0 spiro atoms. The average Bonchev–Trinajstić information content (AvgIpc) is 2.05. The summed E-state index contributed by atoms with van der Waals surface area (Å²) >= 11 is 0. The van der Waals surface area contributed by atoms with E-state index in [-0.39, 0.29) is 5.82 Å². The summed E-state index contributed by atoms with van der Waals surface area (Å²) in [7, 11) is 0. The van der Waals surface area contributed by atoms with Gasteiger partial charge in [-0.25, -0.2) is 4.39 Å². The fraction of sp³-hybridized carbons (Fsp3) is 0.455. The molecule has 1 N–H and O–H groups in total. The van der Waals surface area contributed by atoms with Gasteiger partial charge in [0.25, 0.3) is 0 Å². The molecule has 0 amide bonds. The van der Waals surface area contributed by atoms with E-state index in [2.05, 4.69) is 5.32 Å². The largest absolute Gasteiger partial charge is 0.310 e. The van der Waals surface area contributed by atoms with Crippen molar-refractivity contribution in [1.82, 2.24) is 5.32 Å². The van der Waals surface area contributed by atoms with Crippen LogP contribution >= 0.6 is 0 Å². The minimum Gasteiger partial charge on any atom is -0.310 e. The SMILES string of the molecule is Fc1ccccc1CNC1CCC1. The van der Waals surface area contributed by atoms with Gasteiger partial charge in [-0.2, -0.15) is 0 Å². The van der Waals surface area contributed by atoms with Crippen LogP contribution in [0.5, 0.6) is 0 Å². The zero-order valence-corrected chi connectivity index (χ0v) is 7.59. The first-order valence-corrected chi connectivity index (χ1v) is 4.83. The van der Waals surface area contributed by atoms with Crippen LogP contribution in [0.1, 0.15) is 24.8 Å². The van der Waals surface area contributed by atoms with E-state index in [0.717, 1.165) is 5.56 Å². The molecule has 1 aromatic carbocycles. The van der Waals surface area contributed by atoms with Crippen molar-refractivity contribution in [1.29, 1.82) is 0 Å². The third-order valence-corrected chi connectivity index (χ3v) is 2.64. The zero-order chi connectivity index (χ0) is 9.10. The molecule has 70 valence electrons. The molecule has 1 saturated carbocycles. The Morgan fingerprint density at radius 1 is 1.31 bits per heavy atom. The van der Waals surface area contributed by atoms with E-state index < -0.39 is 0 Å². The Morgan fingerprint density at radius 2 is 2.08 bits per heavy atom. The van der Waals surface area contributed by atoms with Gasteiger partial charge in [-0.1, -0.05) is 24.6 Å². The smallest absolute Gasteiger partial charge is 0.127 e. The lowest BCUT2D eigenvalue weighted by molar-refractivity contribution is 0.336. The van der Waals surface area contributed by atoms with Crippen molar-refractivity contribution in [3.63, 3.8) is 0 Å². The molecule has 0 aliphatic heterocycles. The quantitative estimate of drug-likeness (QED) is 0.751. The van der Waals surface area contributed by atoms with E-state index in [1.165, 1.54) is 25.3 Å². The maximum absolute atomic E-state index is 13.1. The molecule has 0 atom stereocenters. The summed E-state index contributed by atoms with van der Waals surface area (Å²) in [6.07, 6.45) is 3.80. The summed E-state index contributed by atoms with van der Waals surface area (Å²) in [5.74, 6) is -0.102. The molecule has 0 heterocycles. The van der Waals surface area contributed by atoms with Crippen molar-refractivity contribution in [3.05, 3.63) is 35.6 Å². The van der Waals surface area contributed by atoms with Gasteiger partial charge in [0.1, 0.15) is 5.82 Å². The van der Waals surface area contributed by atoms with Gasteiger partial charge in [-0.15, -0.1) is 0 Å². The molecule has 1 aromatic rings. The van der Waals surface area contributed by atoms with E-state index in [1.807, 2.05) is 12.1 Å². The van der Waals surface area contributed by atoms with Gasteiger partial charge in [-0.05, 0) is 18.9 Å². The lowest BCUT2D eigenvalue weighted by Gasteiger charge is -2.26. The van der Waals surface area contributed by atoms with E-state index in [4.69, 9.17) is 0 Å². The van der Waals surface area contributed by atoms with Crippen LogP contribution in [-0.4, -0.2) is 6.04 Å². The van der Waals surface area contributed by atoms with E-state index in [0.29, 0.717) is 12.6 Å². The summed E-state index contributed by atoms with van der Waals surface area (Å²) in [5, 5.41) is 3.34. The molecule has 1 fully saturated rings. The fourth-order valence-corrected chi connectivity index (χ4v) is 1.51. The van der Waals surface area contributed by atoms with Crippen molar-refractivity contribution in [2.24, 2.45) is 0 Å². The van der Waals surface area contributed by atoms with Crippen molar-refractivity contribution >= 4 is 0 Å². The molecular weight excluding hydrogens is 165 g/mol. The van der Waals surface area contributed by atoms with Crippen LogP contribution in [0.2, 0.25) is 0 Å². The molecular formula is C11H14FN. The molecule has 1 nitrogen and oxygen atoms in total. The van der Waals surface area contributed by atoms with Gasteiger partial charge in [0.15, 0.2) is 0 Å². The van der Waals surface area contributed by atoms with Crippen LogP contribution in [0.3, 0.4) is 0 Å². The van der Waals surface area contributed by atoms with Crippen LogP contribution in [0, 0.1) is 5.82 Å². The van der Waals surface area contributed by atoms with Crippen LogP contribution in [0.4, 0.5) is 4.39 Å². The molecule has 1 aliphatic rings. The van der Waals surface area contributed by atoms with E-state index >= 15 is 0 Å². The lowest BCUT2D eigenvalue weighted by Crippen LogP contribution is -2.34. The topological polar surface area (TPSA) is 12.0 Å². The second-order valence-corrected chi connectivity index (χ2v) is 3.60. The minimum absolute atomic E-state index is 0.102. The molecule has 2 rings (SSSR count). The predicted octanol–water partition coefficient (Wildman–Crippen LogP) is 2.47. The van der Waals surface area contributed by atoms with E-state index in [1.54, 1.807) is 6.07 Å². The predicted molar refractivity (Wildman–Crippen MR) is 50.9 cm³/mol. The Kier molecular flexibility index (Phi) is 2.60.